The van der Waals surface area contributed by atoms with Gasteiger partial charge >= 0.3 is 6.18 Å². The third kappa shape index (κ3) is 4.51. The quantitative estimate of drug-likeness (QED) is 0.379. The van der Waals surface area contributed by atoms with E-state index < -0.39 is 35.2 Å². The fourth-order valence-electron chi connectivity index (χ4n) is 4.85. The summed E-state index contributed by atoms with van der Waals surface area (Å²) in [5.74, 6) is -1.25. The zero-order chi connectivity index (χ0) is 26.4. The second-order valence-electron chi connectivity index (χ2n) is 9.35. The number of allylic oxidation sites excluding steroid dienone is 1. The standard InChI is InChI=1S/C27H26F4N4O2/c1-37-21-13-12-17-6-2-3-7-18(17)23(21)24(33-15-16-10-11-16)26(25(32)36)14-22(27(29,30)31)35(34-26)20-9-5-4-8-19(20)28/h2-9,12-14,16,24,33-34H,10-11,15H2,1H3,(H2,32,36). The minimum Gasteiger partial charge on any atom is -0.496 e. The van der Waals surface area contributed by atoms with Gasteiger partial charge in [0, 0.05) is 5.56 Å². The summed E-state index contributed by atoms with van der Waals surface area (Å²) in [6.07, 6.45) is -2.23. The van der Waals surface area contributed by atoms with Gasteiger partial charge in [0.15, 0.2) is 5.54 Å². The topological polar surface area (TPSA) is 79.6 Å². The summed E-state index contributed by atoms with van der Waals surface area (Å²) >= 11 is 0. The highest BCUT2D eigenvalue weighted by molar-refractivity contribution is 5.94. The summed E-state index contributed by atoms with van der Waals surface area (Å²) in [7, 11) is 1.45. The summed E-state index contributed by atoms with van der Waals surface area (Å²) in [6.45, 7) is 0.447. The number of carbonyl (C=O) groups is 1. The Bertz CT molecular complexity index is 1370. The monoisotopic (exact) mass is 514 g/mol. The Morgan fingerprint density at radius 3 is 2.51 bits per heavy atom. The second-order valence-corrected chi connectivity index (χ2v) is 9.35. The van der Waals surface area contributed by atoms with Gasteiger partial charge in [-0.2, -0.15) is 13.2 Å². The number of anilines is 1. The molecule has 5 rings (SSSR count). The molecule has 1 aliphatic carbocycles. The van der Waals surface area contributed by atoms with Crippen molar-refractivity contribution in [1.82, 2.24) is 10.7 Å². The zero-order valence-corrected chi connectivity index (χ0v) is 20.0. The molecule has 0 spiro atoms. The summed E-state index contributed by atoms with van der Waals surface area (Å²) in [5.41, 5.74) is 5.29. The number of amides is 1. The fraction of sp³-hybridized carbons (Fsp3) is 0.296. The first-order valence-electron chi connectivity index (χ1n) is 11.9. The number of methoxy groups -OCH3 is 1. The van der Waals surface area contributed by atoms with Gasteiger partial charge in [-0.05, 0) is 60.4 Å². The van der Waals surface area contributed by atoms with Crippen LogP contribution in [-0.4, -0.2) is 31.3 Å². The highest BCUT2D eigenvalue weighted by Gasteiger charge is 2.56. The van der Waals surface area contributed by atoms with E-state index >= 15 is 0 Å². The molecule has 37 heavy (non-hydrogen) atoms. The van der Waals surface area contributed by atoms with E-state index in [1.54, 1.807) is 12.1 Å². The van der Waals surface area contributed by atoms with Gasteiger partial charge in [0.1, 0.15) is 17.3 Å². The molecule has 3 aromatic rings. The van der Waals surface area contributed by atoms with E-state index in [-0.39, 0.29) is 5.69 Å². The molecule has 6 nitrogen and oxygen atoms in total. The number of fused-ring (bicyclic) bond motifs is 1. The Labute approximate surface area is 211 Å². The lowest BCUT2D eigenvalue weighted by Crippen LogP contribution is -2.62. The van der Waals surface area contributed by atoms with Crippen LogP contribution in [0, 0.1) is 11.7 Å². The lowest BCUT2D eigenvalue weighted by atomic mass is 9.82. The molecule has 1 saturated carbocycles. The van der Waals surface area contributed by atoms with E-state index in [0.29, 0.717) is 34.2 Å². The Morgan fingerprint density at radius 2 is 1.86 bits per heavy atom. The molecule has 0 bridgehead atoms. The number of rotatable bonds is 8. The molecule has 10 heteroatoms. The molecule has 1 heterocycles. The average Bonchev–Trinajstić information content (AvgIpc) is 3.60. The molecule has 2 aliphatic rings. The number of hydrogen-bond donors (Lipinski definition) is 3. The maximum absolute atomic E-state index is 14.7. The maximum atomic E-state index is 14.7. The van der Waals surface area contributed by atoms with E-state index in [1.807, 2.05) is 24.3 Å². The van der Waals surface area contributed by atoms with Gasteiger partial charge in [0.25, 0.3) is 0 Å². The van der Waals surface area contributed by atoms with Crippen molar-refractivity contribution < 1.29 is 27.1 Å². The molecule has 0 radical (unpaired) electrons. The number of carbonyl (C=O) groups excluding carboxylic acids is 1. The van der Waals surface area contributed by atoms with Crippen LogP contribution in [0.5, 0.6) is 5.75 Å². The number of nitrogens with zero attached hydrogens (tertiary/aromatic N) is 1. The number of nitrogens with one attached hydrogen (secondary N) is 2. The first-order valence-corrected chi connectivity index (χ1v) is 11.9. The molecular formula is C27H26F4N4O2. The first-order chi connectivity index (χ1) is 17.7. The van der Waals surface area contributed by atoms with Crippen LogP contribution >= 0.6 is 0 Å². The Hall–Kier alpha value is -3.63. The van der Waals surface area contributed by atoms with Crippen LogP contribution in [0.15, 0.2) is 72.4 Å². The van der Waals surface area contributed by atoms with Crippen LogP contribution in [0.2, 0.25) is 0 Å². The molecule has 194 valence electrons. The number of halogens is 4. The summed E-state index contributed by atoms with van der Waals surface area (Å²) in [5, 5.41) is 5.36. The van der Waals surface area contributed by atoms with Crippen molar-refractivity contribution in [3.8, 4) is 5.75 Å². The maximum Gasteiger partial charge on any atom is 0.432 e. The summed E-state index contributed by atoms with van der Waals surface area (Å²) < 4.78 is 63.4. The first kappa shape index (κ1) is 25.0. The van der Waals surface area contributed by atoms with Crippen LogP contribution in [-0.2, 0) is 4.79 Å². The van der Waals surface area contributed by atoms with Crippen molar-refractivity contribution in [2.24, 2.45) is 11.7 Å². The molecule has 0 aromatic heterocycles. The van der Waals surface area contributed by atoms with Gasteiger partial charge in [0.2, 0.25) is 5.91 Å². The van der Waals surface area contributed by atoms with E-state index in [0.717, 1.165) is 30.4 Å². The third-order valence-electron chi connectivity index (χ3n) is 6.90. The minimum atomic E-state index is -4.92. The molecule has 4 N–H and O–H groups in total. The zero-order valence-electron chi connectivity index (χ0n) is 20.0. The van der Waals surface area contributed by atoms with Crippen molar-refractivity contribution in [3.63, 3.8) is 0 Å². The summed E-state index contributed by atoms with van der Waals surface area (Å²) in [4.78, 5) is 13.2. The minimum absolute atomic E-state index is 0.323. The molecule has 2 unspecified atom stereocenters. The third-order valence-corrected chi connectivity index (χ3v) is 6.90. The average molecular weight is 515 g/mol. The fourth-order valence-corrected chi connectivity index (χ4v) is 4.85. The van der Waals surface area contributed by atoms with Gasteiger partial charge in [-0.3, -0.25) is 9.80 Å². The molecule has 2 atom stereocenters. The number of primary amides is 1. The van der Waals surface area contributed by atoms with Gasteiger partial charge in [0.05, 0.1) is 18.8 Å². The SMILES string of the molecule is COc1ccc2ccccc2c1C(NCC1CC1)C1(C(N)=O)C=C(C(F)(F)F)N(c2ccccc2F)N1. The van der Waals surface area contributed by atoms with Crippen molar-refractivity contribution in [3.05, 3.63) is 83.8 Å². The van der Waals surface area contributed by atoms with Gasteiger partial charge in [-0.15, -0.1) is 0 Å². The van der Waals surface area contributed by atoms with E-state index in [4.69, 9.17) is 10.5 Å². The number of benzene rings is 3. The van der Waals surface area contributed by atoms with Crippen molar-refractivity contribution >= 4 is 22.4 Å². The molecular weight excluding hydrogens is 488 g/mol. The molecule has 0 saturated heterocycles. The highest BCUT2D eigenvalue weighted by Crippen LogP contribution is 2.46. The van der Waals surface area contributed by atoms with Gasteiger partial charge in [-0.25, -0.2) is 9.82 Å². The van der Waals surface area contributed by atoms with Crippen molar-refractivity contribution in [2.45, 2.75) is 30.6 Å². The van der Waals surface area contributed by atoms with Crippen LogP contribution in [0.25, 0.3) is 10.8 Å². The van der Waals surface area contributed by atoms with Gasteiger partial charge < -0.3 is 15.8 Å². The lowest BCUT2D eigenvalue weighted by molar-refractivity contribution is -0.123. The Morgan fingerprint density at radius 1 is 1.16 bits per heavy atom. The summed E-state index contributed by atoms with van der Waals surface area (Å²) in [6, 6.07) is 14.8. The van der Waals surface area contributed by atoms with Crippen LogP contribution in [0.1, 0.15) is 24.4 Å². The second kappa shape index (κ2) is 9.35. The number of nitrogens with two attached hydrogens (primary N) is 1. The van der Waals surface area contributed by atoms with E-state index in [9.17, 15) is 22.4 Å². The highest BCUT2D eigenvalue weighted by atomic mass is 19.4. The molecule has 1 amide bonds. The van der Waals surface area contributed by atoms with Crippen molar-refractivity contribution in [2.75, 3.05) is 18.7 Å². The Kier molecular flexibility index (Phi) is 6.33. The van der Waals surface area contributed by atoms with Crippen LogP contribution in [0.3, 0.4) is 0 Å². The smallest absolute Gasteiger partial charge is 0.432 e. The lowest BCUT2D eigenvalue weighted by Gasteiger charge is -2.37. The Balaban J connectivity index is 1.75. The predicted molar refractivity (Wildman–Crippen MR) is 132 cm³/mol. The van der Waals surface area contributed by atoms with Crippen LogP contribution < -0.4 is 26.2 Å². The number of ether oxygens (including phenoxy) is 1. The number of hydrazine groups is 1. The largest absolute Gasteiger partial charge is 0.496 e. The van der Waals surface area contributed by atoms with E-state index in [1.165, 1.54) is 25.3 Å². The van der Waals surface area contributed by atoms with E-state index in [2.05, 4.69) is 10.7 Å². The molecule has 3 aromatic carbocycles. The normalized spacial score (nSPS) is 20.7. The molecule has 1 aliphatic heterocycles. The van der Waals surface area contributed by atoms with Gasteiger partial charge in [-0.1, -0.05) is 42.5 Å². The predicted octanol–water partition coefficient (Wildman–Crippen LogP) is 4.72. The number of hydrogen-bond acceptors (Lipinski definition) is 5. The van der Waals surface area contributed by atoms with Crippen molar-refractivity contribution in [1.29, 1.82) is 0 Å². The van der Waals surface area contributed by atoms with Crippen LogP contribution in [0.4, 0.5) is 23.2 Å². The molecule has 1 fully saturated rings. The number of para-hydroxylation sites is 1. The number of alkyl halides is 3.